The predicted molar refractivity (Wildman–Crippen MR) is 62.6 cm³/mol. The fourth-order valence-electron chi connectivity index (χ4n) is 2.05. The van der Waals surface area contributed by atoms with Crippen LogP contribution in [0.25, 0.3) is 0 Å². The Labute approximate surface area is 104 Å². The molecule has 98 valence electrons. The second kappa shape index (κ2) is 4.63. The van der Waals surface area contributed by atoms with Crippen LogP contribution in [-0.4, -0.2) is 32.1 Å². The minimum absolute atomic E-state index is 0.0315. The smallest absolute Gasteiger partial charge is 0.234 e. The summed E-state index contributed by atoms with van der Waals surface area (Å²) in [6.07, 6.45) is 3.46. The summed E-state index contributed by atoms with van der Waals surface area (Å²) >= 11 is 0. The maximum absolute atomic E-state index is 12.2. The third-order valence-electron chi connectivity index (χ3n) is 3.43. The number of amides is 1. The van der Waals surface area contributed by atoms with Crippen LogP contribution in [0.2, 0.25) is 0 Å². The number of nitrogens with one attached hydrogen (secondary N) is 2. The van der Waals surface area contributed by atoms with E-state index in [-0.39, 0.29) is 17.8 Å². The average molecular weight is 252 g/mol. The van der Waals surface area contributed by atoms with Gasteiger partial charge in [0.25, 0.3) is 0 Å². The molecule has 0 aromatic carbocycles. The summed E-state index contributed by atoms with van der Waals surface area (Å²) in [5.74, 6) is 0.293. The molecule has 18 heavy (non-hydrogen) atoms. The van der Waals surface area contributed by atoms with E-state index in [1.807, 2.05) is 0 Å². The highest BCUT2D eigenvalue weighted by atomic mass is 16.4. The zero-order chi connectivity index (χ0) is 13.2. The zero-order valence-electron chi connectivity index (χ0n) is 10.1. The fourth-order valence-corrected chi connectivity index (χ4v) is 2.05. The van der Waals surface area contributed by atoms with Crippen molar-refractivity contribution in [2.24, 2.45) is 16.3 Å². The molecule has 1 aromatic rings. The number of hydrogen-bond acceptors (Lipinski definition) is 5. The predicted octanol–water partition coefficient (Wildman–Crippen LogP) is -0.101. The van der Waals surface area contributed by atoms with Crippen LogP contribution < -0.4 is 11.1 Å². The summed E-state index contributed by atoms with van der Waals surface area (Å²) in [6, 6.07) is -0.302. The monoisotopic (exact) mass is 252 g/mol. The lowest BCUT2D eigenvalue weighted by Crippen LogP contribution is -2.54. The Bertz CT molecular complexity index is 451. The van der Waals surface area contributed by atoms with Gasteiger partial charge >= 0.3 is 0 Å². The van der Waals surface area contributed by atoms with E-state index in [9.17, 15) is 4.79 Å². The maximum atomic E-state index is 12.2. The number of nitrogens with zero attached hydrogens (tertiary/aromatic N) is 3. The van der Waals surface area contributed by atoms with Crippen LogP contribution in [0.15, 0.2) is 11.5 Å². The summed E-state index contributed by atoms with van der Waals surface area (Å²) in [4.78, 5) is 16.2. The minimum atomic E-state index is -0.872. The second-order valence-electron chi connectivity index (χ2n) is 4.49. The number of oxime groups is 1. The van der Waals surface area contributed by atoms with Crippen molar-refractivity contribution in [1.29, 1.82) is 0 Å². The lowest BCUT2D eigenvalue weighted by atomic mass is 9.67. The van der Waals surface area contributed by atoms with Crippen LogP contribution in [0.3, 0.4) is 0 Å². The summed E-state index contributed by atoms with van der Waals surface area (Å²) < 4.78 is 0. The molecule has 1 unspecified atom stereocenters. The van der Waals surface area contributed by atoms with E-state index in [0.29, 0.717) is 18.7 Å². The van der Waals surface area contributed by atoms with Crippen molar-refractivity contribution in [3.63, 3.8) is 0 Å². The molecule has 5 N–H and O–H groups in total. The number of amidine groups is 1. The Kier molecular flexibility index (Phi) is 3.17. The van der Waals surface area contributed by atoms with Crippen molar-refractivity contribution in [3.05, 3.63) is 12.2 Å². The Morgan fingerprint density at radius 3 is 2.89 bits per heavy atom. The van der Waals surface area contributed by atoms with Gasteiger partial charge in [-0.15, -0.1) is 0 Å². The molecule has 1 amide bonds. The van der Waals surface area contributed by atoms with Gasteiger partial charge in [0, 0.05) is 0 Å². The van der Waals surface area contributed by atoms with E-state index in [0.717, 1.165) is 6.42 Å². The first-order valence-corrected chi connectivity index (χ1v) is 5.74. The van der Waals surface area contributed by atoms with Crippen molar-refractivity contribution in [2.45, 2.75) is 32.2 Å². The average Bonchev–Trinajstić information content (AvgIpc) is 2.80. The lowest BCUT2D eigenvalue weighted by molar-refractivity contribution is -0.131. The van der Waals surface area contributed by atoms with E-state index < -0.39 is 5.41 Å². The maximum Gasteiger partial charge on any atom is 0.234 e. The van der Waals surface area contributed by atoms with E-state index in [4.69, 9.17) is 10.9 Å². The number of carbonyl (C=O) groups is 1. The standard InChI is InChI=1S/C10H16N6O2/c1-6(7-12-5-13-15-7)14-9(17)10(3-2-4-10)8(11)16-18/h5-6,18H,2-4H2,1H3,(H2,11,16)(H,14,17)(H,12,13,15). The molecule has 1 fully saturated rings. The van der Waals surface area contributed by atoms with Gasteiger partial charge in [0.05, 0.1) is 6.04 Å². The van der Waals surface area contributed by atoms with Crippen molar-refractivity contribution in [2.75, 3.05) is 0 Å². The molecular weight excluding hydrogens is 236 g/mol. The molecule has 8 heteroatoms. The van der Waals surface area contributed by atoms with E-state index in [2.05, 4.69) is 25.7 Å². The highest BCUT2D eigenvalue weighted by Gasteiger charge is 2.48. The van der Waals surface area contributed by atoms with Crippen LogP contribution in [0.5, 0.6) is 0 Å². The van der Waals surface area contributed by atoms with Gasteiger partial charge in [0.1, 0.15) is 17.6 Å². The molecule has 0 saturated heterocycles. The second-order valence-corrected chi connectivity index (χ2v) is 4.49. The van der Waals surface area contributed by atoms with Gasteiger partial charge in [-0.3, -0.25) is 9.89 Å². The van der Waals surface area contributed by atoms with Gasteiger partial charge < -0.3 is 16.3 Å². The first-order chi connectivity index (χ1) is 8.60. The first-order valence-electron chi connectivity index (χ1n) is 5.74. The molecule has 1 heterocycles. The van der Waals surface area contributed by atoms with E-state index >= 15 is 0 Å². The number of nitrogens with two attached hydrogens (primary N) is 1. The summed E-state index contributed by atoms with van der Waals surface area (Å²) in [6.45, 7) is 1.79. The van der Waals surface area contributed by atoms with Crippen LogP contribution in [0, 0.1) is 5.41 Å². The molecule has 0 bridgehead atoms. The topological polar surface area (TPSA) is 129 Å². The zero-order valence-corrected chi connectivity index (χ0v) is 10.1. The molecule has 1 atom stereocenters. The van der Waals surface area contributed by atoms with Gasteiger partial charge in [-0.2, -0.15) is 5.10 Å². The van der Waals surface area contributed by atoms with Crippen molar-refractivity contribution in [1.82, 2.24) is 20.5 Å². The quantitative estimate of drug-likeness (QED) is 0.257. The number of H-pyrrole nitrogens is 1. The Morgan fingerprint density at radius 2 is 2.44 bits per heavy atom. The van der Waals surface area contributed by atoms with E-state index in [1.54, 1.807) is 6.92 Å². The molecule has 0 spiro atoms. The van der Waals surface area contributed by atoms with Gasteiger partial charge in [0.15, 0.2) is 5.84 Å². The molecule has 8 nitrogen and oxygen atoms in total. The van der Waals surface area contributed by atoms with E-state index in [1.165, 1.54) is 6.33 Å². The summed E-state index contributed by atoms with van der Waals surface area (Å²) in [7, 11) is 0. The van der Waals surface area contributed by atoms with Crippen LogP contribution in [-0.2, 0) is 4.79 Å². The highest BCUT2D eigenvalue weighted by molar-refractivity contribution is 6.07. The van der Waals surface area contributed by atoms with Gasteiger partial charge in [0.2, 0.25) is 5.91 Å². The SMILES string of the molecule is CC(NC(=O)C1(C(N)=NO)CCC1)c1ncn[nH]1. The van der Waals surface area contributed by atoms with Crippen molar-refractivity contribution >= 4 is 11.7 Å². The molecule has 1 saturated carbocycles. The van der Waals surface area contributed by atoms with Gasteiger partial charge in [-0.05, 0) is 19.8 Å². The molecule has 1 aliphatic carbocycles. The number of carbonyl (C=O) groups excluding carboxylic acids is 1. The van der Waals surface area contributed by atoms with Crippen molar-refractivity contribution in [3.8, 4) is 0 Å². The van der Waals surface area contributed by atoms with Crippen LogP contribution in [0.1, 0.15) is 38.1 Å². The molecule has 0 radical (unpaired) electrons. The lowest BCUT2D eigenvalue weighted by Gasteiger charge is -2.39. The third-order valence-corrected chi connectivity index (χ3v) is 3.43. The van der Waals surface area contributed by atoms with Gasteiger partial charge in [-0.1, -0.05) is 11.6 Å². The fraction of sp³-hybridized carbons (Fsp3) is 0.600. The normalized spacial score (nSPS) is 19.9. The van der Waals surface area contributed by atoms with Crippen molar-refractivity contribution < 1.29 is 10.0 Å². The molecule has 1 aromatic heterocycles. The summed E-state index contributed by atoms with van der Waals surface area (Å²) in [5, 5.41) is 20.9. The van der Waals surface area contributed by atoms with Crippen LogP contribution in [0.4, 0.5) is 0 Å². The van der Waals surface area contributed by atoms with Gasteiger partial charge in [-0.25, -0.2) is 4.98 Å². The highest BCUT2D eigenvalue weighted by Crippen LogP contribution is 2.41. The first kappa shape index (κ1) is 12.3. The third kappa shape index (κ3) is 1.89. The molecular formula is C10H16N6O2. The number of rotatable bonds is 4. The number of hydrogen-bond donors (Lipinski definition) is 4. The number of aromatic amines is 1. The summed E-state index contributed by atoms with van der Waals surface area (Å²) in [5.41, 5.74) is 4.74. The minimum Gasteiger partial charge on any atom is -0.409 e. The Balaban J connectivity index is 2.07. The molecule has 1 aliphatic rings. The number of aromatic nitrogens is 3. The van der Waals surface area contributed by atoms with Crippen LogP contribution >= 0.6 is 0 Å². The largest absolute Gasteiger partial charge is 0.409 e. The Hall–Kier alpha value is -2.12. The molecule has 0 aliphatic heterocycles. The molecule has 2 rings (SSSR count). The Morgan fingerprint density at radius 1 is 1.72 bits per heavy atom.